The summed E-state index contributed by atoms with van der Waals surface area (Å²) in [5, 5.41) is 0.326. The molecular weight excluding hydrogens is 345 g/mol. The highest BCUT2D eigenvalue weighted by atomic mass is 79.9. The van der Waals surface area contributed by atoms with E-state index in [9.17, 15) is 4.39 Å². The fourth-order valence-electron chi connectivity index (χ4n) is 1.97. The Bertz CT molecular complexity index is 648. The van der Waals surface area contributed by atoms with Gasteiger partial charge in [-0.05, 0) is 63.8 Å². The molecule has 0 aliphatic carbocycles. The first-order valence-corrected chi connectivity index (χ1v) is 7.15. The number of halogens is 3. The Morgan fingerprint density at radius 3 is 2.60 bits per heavy atom. The molecule has 2 N–H and O–H groups in total. The second-order valence-electron chi connectivity index (χ2n) is 4.49. The molecule has 0 aromatic heterocycles. The van der Waals surface area contributed by atoms with Crippen LogP contribution in [0.1, 0.15) is 22.7 Å². The zero-order valence-electron chi connectivity index (χ0n) is 11.1. The van der Waals surface area contributed by atoms with E-state index in [2.05, 4.69) is 15.9 Å². The van der Waals surface area contributed by atoms with Crippen molar-refractivity contribution in [3.05, 3.63) is 62.3 Å². The summed E-state index contributed by atoms with van der Waals surface area (Å²) >= 11 is 9.51. The van der Waals surface area contributed by atoms with Crippen molar-refractivity contribution < 1.29 is 9.13 Å². The largest absolute Gasteiger partial charge is 0.496 e. The number of hydrogen-bond donors (Lipinski definition) is 1. The molecule has 0 aliphatic heterocycles. The first kappa shape index (κ1) is 15.3. The number of aryl methyl sites for hydroxylation is 1. The lowest BCUT2D eigenvalue weighted by molar-refractivity contribution is 0.412. The molecule has 1 unspecified atom stereocenters. The van der Waals surface area contributed by atoms with Crippen molar-refractivity contribution in [2.24, 2.45) is 5.73 Å². The van der Waals surface area contributed by atoms with Crippen molar-refractivity contribution >= 4 is 27.5 Å². The van der Waals surface area contributed by atoms with Crippen LogP contribution in [-0.2, 0) is 0 Å². The van der Waals surface area contributed by atoms with Gasteiger partial charge in [0.1, 0.15) is 11.6 Å². The van der Waals surface area contributed by atoms with Crippen LogP contribution in [0, 0.1) is 12.7 Å². The Kier molecular flexibility index (Phi) is 4.68. The second-order valence-corrected chi connectivity index (χ2v) is 5.76. The van der Waals surface area contributed by atoms with Crippen LogP contribution < -0.4 is 10.5 Å². The lowest BCUT2D eigenvalue weighted by Crippen LogP contribution is -2.13. The third-order valence-electron chi connectivity index (χ3n) is 3.15. The van der Waals surface area contributed by atoms with Gasteiger partial charge in [-0.3, -0.25) is 0 Å². The van der Waals surface area contributed by atoms with E-state index in [1.165, 1.54) is 6.07 Å². The molecule has 0 spiro atoms. The predicted octanol–water partition coefficient (Wildman–Crippen LogP) is 4.61. The van der Waals surface area contributed by atoms with Crippen molar-refractivity contribution in [2.45, 2.75) is 13.0 Å². The fraction of sp³-hybridized carbons (Fsp3) is 0.200. The average molecular weight is 359 g/mol. The molecule has 0 fully saturated rings. The molecule has 1 atom stereocenters. The van der Waals surface area contributed by atoms with Crippen molar-refractivity contribution in [3.8, 4) is 5.75 Å². The minimum Gasteiger partial charge on any atom is -0.496 e. The highest BCUT2D eigenvalue weighted by molar-refractivity contribution is 9.10. The van der Waals surface area contributed by atoms with Gasteiger partial charge in [0.05, 0.1) is 17.6 Å². The molecule has 2 aromatic rings. The Morgan fingerprint density at radius 2 is 2.00 bits per heavy atom. The first-order chi connectivity index (χ1) is 9.43. The van der Waals surface area contributed by atoms with Crippen molar-refractivity contribution in [1.29, 1.82) is 0 Å². The van der Waals surface area contributed by atoms with Crippen molar-refractivity contribution in [2.75, 3.05) is 7.11 Å². The van der Waals surface area contributed by atoms with Gasteiger partial charge in [0.15, 0.2) is 0 Å². The van der Waals surface area contributed by atoms with Gasteiger partial charge in [-0.15, -0.1) is 0 Å². The number of nitrogens with two attached hydrogens (primary N) is 1. The molecule has 2 nitrogen and oxygen atoms in total. The van der Waals surface area contributed by atoms with Crippen LogP contribution in [-0.4, -0.2) is 7.11 Å². The maximum atomic E-state index is 13.4. The quantitative estimate of drug-likeness (QED) is 0.870. The molecular formula is C15H14BrClFNO. The molecule has 5 heteroatoms. The smallest absolute Gasteiger partial charge is 0.133 e. The number of methoxy groups -OCH3 is 1. The third kappa shape index (κ3) is 2.97. The Hall–Kier alpha value is -1.10. The SMILES string of the molecule is COc1ccc(C(N)c2cc(C)c(F)cc2Cl)cc1Br. The van der Waals surface area contributed by atoms with Crippen LogP contribution in [0.25, 0.3) is 0 Å². The maximum Gasteiger partial charge on any atom is 0.133 e. The van der Waals surface area contributed by atoms with Gasteiger partial charge >= 0.3 is 0 Å². The van der Waals surface area contributed by atoms with Crippen LogP contribution in [0.4, 0.5) is 4.39 Å². The van der Waals surface area contributed by atoms with E-state index in [1.54, 1.807) is 20.1 Å². The van der Waals surface area contributed by atoms with Gasteiger partial charge in [-0.25, -0.2) is 4.39 Å². The summed E-state index contributed by atoms with van der Waals surface area (Å²) in [4.78, 5) is 0. The topological polar surface area (TPSA) is 35.2 Å². The summed E-state index contributed by atoms with van der Waals surface area (Å²) in [5.41, 5.74) is 8.31. The molecule has 0 amide bonds. The number of benzene rings is 2. The van der Waals surface area contributed by atoms with Crippen LogP contribution in [0.5, 0.6) is 5.75 Å². The van der Waals surface area contributed by atoms with Gasteiger partial charge in [-0.2, -0.15) is 0 Å². The number of ether oxygens (including phenoxy) is 1. The first-order valence-electron chi connectivity index (χ1n) is 5.98. The molecule has 0 bridgehead atoms. The molecule has 106 valence electrons. The normalized spacial score (nSPS) is 12.3. The average Bonchev–Trinajstić information content (AvgIpc) is 2.42. The Balaban J connectivity index is 2.43. The third-order valence-corrected chi connectivity index (χ3v) is 4.10. The number of hydrogen-bond acceptors (Lipinski definition) is 2. The molecule has 0 heterocycles. The van der Waals surface area contributed by atoms with E-state index in [1.807, 2.05) is 18.2 Å². The Labute approximate surface area is 130 Å². The van der Waals surface area contributed by atoms with Crippen LogP contribution >= 0.6 is 27.5 Å². The second kappa shape index (κ2) is 6.12. The fourth-order valence-corrected chi connectivity index (χ4v) is 2.80. The standard InChI is InChI=1S/C15H14BrClFNO/c1-8-5-10(12(17)7-13(8)18)15(19)9-3-4-14(20-2)11(16)6-9/h3-7,15H,19H2,1-2H3. The van der Waals surface area contributed by atoms with Gasteiger partial charge < -0.3 is 10.5 Å². The molecule has 20 heavy (non-hydrogen) atoms. The van der Waals surface area contributed by atoms with Crippen molar-refractivity contribution in [3.63, 3.8) is 0 Å². The van der Waals surface area contributed by atoms with Crippen LogP contribution in [0.15, 0.2) is 34.8 Å². The summed E-state index contributed by atoms with van der Waals surface area (Å²) in [7, 11) is 1.60. The van der Waals surface area contributed by atoms with Gasteiger partial charge in [0.25, 0.3) is 0 Å². The van der Waals surface area contributed by atoms with E-state index in [0.29, 0.717) is 16.1 Å². The molecule has 0 aliphatic rings. The molecule has 2 aromatic carbocycles. The monoisotopic (exact) mass is 357 g/mol. The highest BCUT2D eigenvalue weighted by Gasteiger charge is 2.16. The van der Waals surface area contributed by atoms with E-state index in [-0.39, 0.29) is 5.82 Å². The van der Waals surface area contributed by atoms with Crippen LogP contribution in [0.2, 0.25) is 5.02 Å². The highest BCUT2D eigenvalue weighted by Crippen LogP contribution is 2.32. The number of rotatable bonds is 3. The molecule has 2 rings (SSSR count). The summed E-state index contributed by atoms with van der Waals surface area (Å²) in [5.74, 6) is 0.393. The minimum absolute atomic E-state index is 0.326. The Morgan fingerprint density at radius 1 is 1.30 bits per heavy atom. The van der Waals surface area contributed by atoms with E-state index in [0.717, 1.165) is 15.8 Å². The van der Waals surface area contributed by atoms with Crippen molar-refractivity contribution in [1.82, 2.24) is 0 Å². The maximum absolute atomic E-state index is 13.4. The lowest BCUT2D eigenvalue weighted by atomic mass is 9.98. The van der Waals surface area contributed by atoms with Gasteiger partial charge in [0, 0.05) is 5.02 Å². The predicted molar refractivity (Wildman–Crippen MR) is 82.9 cm³/mol. The van der Waals surface area contributed by atoms with Gasteiger partial charge in [0.2, 0.25) is 0 Å². The zero-order valence-corrected chi connectivity index (χ0v) is 13.4. The van der Waals surface area contributed by atoms with E-state index in [4.69, 9.17) is 22.1 Å². The zero-order chi connectivity index (χ0) is 14.9. The molecule has 0 radical (unpaired) electrons. The summed E-state index contributed by atoms with van der Waals surface area (Å²) < 4.78 is 19.4. The summed E-state index contributed by atoms with van der Waals surface area (Å²) in [6.07, 6.45) is 0. The summed E-state index contributed by atoms with van der Waals surface area (Å²) in [6.45, 7) is 1.69. The van der Waals surface area contributed by atoms with Crippen LogP contribution in [0.3, 0.4) is 0 Å². The summed E-state index contributed by atoms with van der Waals surface area (Å²) in [6, 6.07) is 8.11. The van der Waals surface area contributed by atoms with E-state index < -0.39 is 6.04 Å². The molecule has 0 saturated carbocycles. The lowest BCUT2D eigenvalue weighted by Gasteiger charge is -2.16. The van der Waals surface area contributed by atoms with Gasteiger partial charge in [-0.1, -0.05) is 17.7 Å². The molecule has 0 saturated heterocycles. The van der Waals surface area contributed by atoms with E-state index >= 15 is 0 Å². The minimum atomic E-state index is -0.427.